The number of hydrogen-bond acceptors (Lipinski definition) is 2. The van der Waals surface area contributed by atoms with Crippen LogP contribution in [0.4, 0.5) is 0 Å². The first-order valence-electron chi connectivity index (χ1n) is 14.7. The van der Waals surface area contributed by atoms with Gasteiger partial charge >= 0.3 is 5.97 Å². The molecule has 0 aromatic carbocycles. The van der Waals surface area contributed by atoms with Crippen molar-refractivity contribution >= 4 is 5.97 Å². The van der Waals surface area contributed by atoms with E-state index < -0.39 is 0 Å². The SMILES string of the molecule is CC/C=C(/CC[C@@H](C)[C@H]1CC[C@H]2[C@@H]3CC=C4C[C@@H](OC(C)=O)CC[C@]4(C)[C@H]3CC[C@]12C)C(C)C. The van der Waals surface area contributed by atoms with Crippen LogP contribution in [0.2, 0.25) is 0 Å². The van der Waals surface area contributed by atoms with E-state index in [1.54, 1.807) is 18.1 Å². The van der Waals surface area contributed by atoms with Crippen LogP contribution in [0.5, 0.6) is 0 Å². The summed E-state index contributed by atoms with van der Waals surface area (Å²) in [6.07, 6.45) is 19.2. The third-order valence-electron chi connectivity index (χ3n) is 11.2. The first-order chi connectivity index (χ1) is 16.1. The fourth-order valence-corrected chi connectivity index (χ4v) is 9.42. The Kier molecular flexibility index (Phi) is 7.76. The van der Waals surface area contributed by atoms with Crippen LogP contribution in [0.1, 0.15) is 119 Å². The fraction of sp³-hybridized carbons (Fsp3) is 0.844. The molecule has 3 fully saturated rings. The van der Waals surface area contributed by atoms with Crippen LogP contribution in [-0.2, 0) is 9.53 Å². The van der Waals surface area contributed by atoms with Crippen LogP contribution in [0.15, 0.2) is 23.3 Å². The molecule has 0 radical (unpaired) electrons. The molecule has 0 aromatic heterocycles. The first kappa shape index (κ1) is 26.0. The molecule has 2 nitrogen and oxygen atoms in total. The predicted molar refractivity (Wildman–Crippen MR) is 142 cm³/mol. The van der Waals surface area contributed by atoms with Gasteiger partial charge in [-0.25, -0.2) is 0 Å². The highest BCUT2D eigenvalue weighted by molar-refractivity contribution is 5.66. The summed E-state index contributed by atoms with van der Waals surface area (Å²) in [5, 5.41) is 0. The minimum atomic E-state index is -0.117. The highest BCUT2D eigenvalue weighted by Gasteiger charge is 2.59. The summed E-state index contributed by atoms with van der Waals surface area (Å²) in [5.41, 5.74) is 4.16. The molecule has 4 aliphatic rings. The van der Waals surface area contributed by atoms with Crippen molar-refractivity contribution in [3.63, 3.8) is 0 Å². The van der Waals surface area contributed by atoms with Crippen LogP contribution in [0.3, 0.4) is 0 Å². The van der Waals surface area contributed by atoms with Crippen molar-refractivity contribution < 1.29 is 9.53 Å². The Labute approximate surface area is 210 Å². The van der Waals surface area contributed by atoms with Gasteiger partial charge in [0.05, 0.1) is 0 Å². The first-order valence-corrected chi connectivity index (χ1v) is 14.7. The van der Waals surface area contributed by atoms with Crippen molar-refractivity contribution in [3.8, 4) is 0 Å². The van der Waals surface area contributed by atoms with Gasteiger partial charge in [-0.15, -0.1) is 0 Å². The van der Waals surface area contributed by atoms with Gasteiger partial charge in [0.25, 0.3) is 0 Å². The fourth-order valence-electron chi connectivity index (χ4n) is 9.42. The summed E-state index contributed by atoms with van der Waals surface area (Å²) in [6, 6.07) is 0. The molecule has 0 unspecified atom stereocenters. The van der Waals surface area contributed by atoms with Crippen molar-refractivity contribution in [2.75, 3.05) is 0 Å². The smallest absolute Gasteiger partial charge is 0.302 e. The van der Waals surface area contributed by atoms with Crippen molar-refractivity contribution in [2.45, 2.75) is 125 Å². The minimum absolute atomic E-state index is 0.108. The Morgan fingerprint density at radius 3 is 2.56 bits per heavy atom. The Morgan fingerprint density at radius 2 is 1.88 bits per heavy atom. The number of carbonyl (C=O) groups is 1. The maximum atomic E-state index is 11.5. The normalized spacial score (nSPS) is 40.8. The lowest BCUT2D eigenvalue weighted by molar-refractivity contribution is -0.148. The van der Waals surface area contributed by atoms with Gasteiger partial charge in [0.2, 0.25) is 0 Å². The Morgan fingerprint density at radius 1 is 1.12 bits per heavy atom. The number of fused-ring (bicyclic) bond motifs is 5. The molecule has 34 heavy (non-hydrogen) atoms. The van der Waals surface area contributed by atoms with E-state index in [0.29, 0.717) is 16.7 Å². The van der Waals surface area contributed by atoms with E-state index >= 15 is 0 Å². The average molecular weight is 469 g/mol. The topological polar surface area (TPSA) is 26.3 Å². The lowest BCUT2D eigenvalue weighted by Crippen LogP contribution is -2.51. The van der Waals surface area contributed by atoms with E-state index in [1.165, 1.54) is 57.8 Å². The zero-order chi connectivity index (χ0) is 24.7. The van der Waals surface area contributed by atoms with Gasteiger partial charge in [-0.05, 0) is 111 Å². The molecular formula is C32H52O2. The standard InChI is InChI=1S/C32H52O2/c1-8-9-24(21(2)3)11-10-22(4)28-14-15-29-27-13-12-25-20-26(34-23(5)33)16-18-31(25,6)30(27)17-19-32(28,29)7/h9,12,21-22,26-30H,8,10-11,13-20H2,1-7H3/b24-9-/t22-,26+,27+,28-,29+,30+,31+,32-/m1/s1. The van der Waals surface area contributed by atoms with Crippen LogP contribution in [-0.4, -0.2) is 12.1 Å². The molecular weight excluding hydrogens is 416 g/mol. The van der Waals surface area contributed by atoms with Gasteiger partial charge in [-0.3, -0.25) is 4.79 Å². The van der Waals surface area contributed by atoms with Gasteiger partial charge < -0.3 is 4.74 Å². The van der Waals surface area contributed by atoms with E-state index in [0.717, 1.165) is 42.4 Å². The number of rotatable bonds is 7. The molecule has 192 valence electrons. The molecule has 2 heteroatoms. The predicted octanol–water partition coefficient (Wildman–Crippen LogP) is 8.91. The molecule has 0 aliphatic heterocycles. The van der Waals surface area contributed by atoms with Crippen molar-refractivity contribution in [1.82, 2.24) is 0 Å². The van der Waals surface area contributed by atoms with E-state index in [2.05, 4.69) is 53.7 Å². The summed E-state index contributed by atoms with van der Waals surface area (Å²) in [7, 11) is 0. The number of ether oxygens (including phenoxy) is 1. The lowest BCUT2D eigenvalue weighted by Gasteiger charge is -2.58. The zero-order valence-corrected chi connectivity index (χ0v) is 23.3. The third-order valence-corrected chi connectivity index (χ3v) is 11.2. The van der Waals surface area contributed by atoms with E-state index in [1.807, 2.05) is 0 Å². The molecule has 0 heterocycles. The molecule has 3 saturated carbocycles. The number of hydrogen-bond donors (Lipinski definition) is 0. The molecule has 0 spiro atoms. The van der Waals surface area contributed by atoms with Gasteiger partial charge in [0.1, 0.15) is 6.10 Å². The second-order valence-corrected chi connectivity index (χ2v) is 13.3. The van der Waals surface area contributed by atoms with Gasteiger partial charge in [0.15, 0.2) is 0 Å². The van der Waals surface area contributed by atoms with Gasteiger partial charge in [-0.1, -0.05) is 64.8 Å². The number of carbonyl (C=O) groups excluding carboxylic acids is 1. The lowest BCUT2D eigenvalue weighted by atomic mass is 9.47. The molecule has 0 aromatic rings. The van der Waals surface area contributed by atoms with Crippen LogP contribution in [0, 0.1) is 46.3 Å². The summed E-state index contributed by atoms with van der Waals surface area (Å²) in [4.78, 5) is 11.5. The molecule has 0 saturated heterocycles. The monoisotopic (exact) mass is 468 g/mol. The maximum absolute atomic E-state index is 11.5. The van der Waals surface area contributed by atoms with Crippen molar-refractivity contribution in [2.24, 2.45) is 46.3 Å². The van der Waals surface area contributed by atoms with Crippen LogP contribution < -0.4 is 0 Å². The number of allylic oxidation sites excluding steroid dienone is 3. The molecule has 0 bridgehead atoms. The average Bonchev–Trinajstić information content (AvgIpc) is 3.13. The van der Waals surface area contributed by atoms with E-state index in [-0.39, 0.29) is 12.1 Å². The third kappa shape index (κ3) is 4.69. The largest absolute Gasteiger partial charge is 0.462 e. The summed E-state index contributed by atoms with van der Waals surface area (Å²) in [6.45, 7) is 16.4. The summed E-state index contributed by atoms with van der Waals surface area (Å²) < 4.78 is 5.63. The van der Waals surface area contributed by atoms with Crippen molar-refractivity contribution in [3.05, 3.63) is 23.3 Å². The van der Waals surface area contributed by atoms with Crippen molar-refractivity contribution in [1.29, 1.82) is 0 Å². The zero-order valence-electron chi connectivity index (χ0n) is 23.3. The number of esters is 1. The Bertz CT molecular complexity index is 806. The quantitative estimate of drug-likeness (QED) is 0.275. The summed E-state index contributed by atoms with van der Waals surface area (Å²) in [5.74, 6) is 4.89. The van der Waals surface area contributed by atoms with Crippen LogP contribution >= 0.6 is 0 Å². The molecule has 4 rings (SSSR count). The second-order valence-electron chi connectivity index (χ2n) is 13.3. The van der Waals surface area contributed by atoms with Gasteiger partial charge in [0, 0.05) is 13.3 Å². The minimum Gasteiger partial charge on any atom is -0.462 e. The van der Waals surface area contributed by atoms with E-state index in [4.69, 9.17) is 4.74 Å². The second kappa shape index (κ2) is 10.1. The van der Waals surface area contributed by atoms with E-state index in [9.17, 15) is 4.79 Å². The highest BCUT2D eigenvalue weighted by atomic mass is 16.5. The maximum Gasteiger partial charge on any atom is 0.302 e. The van der Waals surface area contributed by atoms with Gasteiger partial charge in [-0.2, -0.15) is 0 Å². The van der Waals surface area contributed by atoms with Crippen LogP contribution in [0.25, 0.3) is 0 Å². The Hall–Kier alpha value is -1.05. The molecule has 4 aliphatic carbocycles. The molecule has 8 atom stereocenters. The Balaban J connectivity index is 1.46. The molecule has 0 N–H and O–H groups in total. The summed E-state index contributed by atoms with van der Waals surface area (Å²) >= 11 is 0. The molecule has 0 amide bonds. The highest BCUT2D eigenvalue weighted by Crippen LogP contribution is 2.67.